The van der Waals surface area contributed by atoms with Crippen LogP contribution in [0.25, 0.3) is 11.3 Å². The van der Waals surface area contributed by atoms with Gasteiger partial charge in [-0.05, 0) is 17.5 Å². The Morgan fingerprint density at radius 3 is 3.12 bits per heavy atom. The molecule has 126 valence electrons. The lowest BCUT2D eigenvalue weighted by atomic mass is 10.2. The van der Waals surface area contributed by atoms with E-state index in [2.05, 4.69) is 20.4 Å². The van der Waals surface area contributed by atoms with E-state index in [1.165, 1.54) is 0 Å². The van der Waals surface area contributed by atoms with Crippen LogP contribution in [0.5, 0.6) is 0 Å². The summed E-state index contributed by atoms with van der Waals surface area (Å²) in [5.41, 5.74) is 2.20. The Morgan fingerprint density at radius 1 is 1.50 bits per heavy atom. The summed E-state index contributed by atoms with van der Waals surface area (Å²) in [6.07, 6.45) is 1.64. The number of nitrogens with one attached hydrogen (secondary N) is 1. The number of aromatic nitrogens is 5. The highest BCUT2D eigenvalue weighted by Gasteiger charge is 2.18. The second-order valence-corrected chi connectivity index (χ2v) is 6.05. The summed E-state index contributed by atoms with van der Waals surface area (Å²) in [6, 6.07) is 3.73. The number of carbonyl (C=O) groups is 1. The number of H-pyrrole nitrogens is 1. The average Bonchev–Trinajstić information content (AvgIpc) is 3.32. The predicted molar refractivity (Wildman–Crippen MR) is 89.6 cm³/mol. The van der Waals surface area contributed by atoms with Crippen LogP contribution in [0.15, 0.2) is 29.2 Å². The first-order valence-electron chi connectivity index (χ1n) is 7.38. The lowest BCUT2D eigenvalue weighted by molar-refractivity contribution is 0.0773. The molecule has 0 aliphatic rings. The monoisotopic (exact) mass is 346 g/mol. The molecule has 0 spiro atoms. The molecule has 0 aliphatic carbocycles. The Kier molecular flexibility index (Phi) is 5.02. The van der Waals surface area contributed by atoms with E-state index in [1.54, 1.807) is 42.8 Å². The lowest BCUT2D eigenvalue weighted by Crippen LogP contribution is -2.28. The maximum atomic E-state index is 12.6. The number of rotatable bonds is 7. The first kappa shape index (κ1) is 16.3. The Bertz CT molecular complexity index is 795. The van der Waals surface area contributed by atoms with Gasteiger partial charge in [-0.25, -0.2) is 0 Å². The number of aromatic amines is 1. The van der Waals surface area contributed by atoms with E-state index >= 15 is 0 Å². The fourth-order valence-electron chi connectivity index (χ4n) is 2.26. The van der Waals surface area contributed by atoms with Crippen molar-refractivity contribution in [1.82, 2.24) is 29.9 Å². The standard InChI is InChI=1S/C15H18N6O2S/c1-20(8-14-19-16-10-21(14)4-5-23-2)15(22)13-7-12(17-18-13)11-3-6-24-9-11/h3,6-7,9-10H,4-5,8H2,1-2H3,(H,17,18). The summed E-state index contributed by atoms with van der Waals surface area (Å²) in [6.45, 7) is 1.57. The van der Waals surface area contributed by atoms with Crippen molar-refractivity contribution in [3.63, 3.8) is 0 Å². The number of ether oxygens (including phenoxy) is 1. The largest absolute Gasteiger partial charge is 0.383 e. The second-order valence-electron chi connectivity index (χ2n) is 5.27. The third-order valence-electron chi connectivity index (χ3n) is 3.58. The summed E-state index contributed by atoms with van der Waals surface area (Å²) in [5, 5.41) is 18.9. The fraction of sp³-hybridized carbons (Fsp3) is 0.333. The molecule has 0 atom stereocenters. The molecule has 0 aliphatic heterocycles. The molecule has 3 aromatic rings. The molecular formula is C15H18N6O2S. The average molecular weight is 346 g/mol. The zero-order valence-electron chi connectivity index (χ0n) is 13.5. The van der Waals surface area contributed by atoms with E-state index in [0.717, 1.165) is 11.3 Å². The summed E-state index contributed by atoms with van der Waals surface area (Å²) < 4.78 is 6.93. The number of amides is 1. The Labute approximate surface area is 143 Å². The molecule has 3 aromatic heterocycles. The summed E-state index contributed by atoms with van der Waals surface area (Å²) in [7, 11) is 3.37. The molecule has 0 saturated carbocycles. The van der Waals surface area contributed by atoms with Gasteiger partial charge >= 0.3 is 0 Å². The fourth-order valence-corrected chi connectivity index (χ4v) is 2.91. The molecular weight excluding hydrogens is 328 g/mol. The third kappa shape index (κ3) is 3.52. The minimum absolute atomic E-state index is 0.148. The van der Waals surface area contributed by atoms with E-state index in [-0.39, 0.29) is 5.91 Å². The van der Waals surface area contributed by atoms with Gasteiger partial charge in [0.15, 0.2) is 5.82 Å². The Balaban J connectivity index is 1.68. The van der Waals surface area contributed by atoms with Crippen LogP contribution in [-0.2, 0) is 17.8 Å². The number of hydrogen-bond acceptors (Lipinski definition) is 6. The van der Waals surface area contributed by atoms with Crippen LogP contribution in [0.2, 0.25) is 0 Å². The van der Waals surface area contributed by atoms with Gasteiger partial charge in [0.25, 0.3) is 5.91 Å². The van der Waals surface area contributed by atoms with Crippen molar-refractivity contribution in [2.24, 2.45) is 0 Å². The SMILES string of the molecule is COCCn1cnnc1CN(C)C(=O)c1cc(-c2ccsc2)n[nH]1. The van der Waals surface area contributed by atoms with Crippen LogP contribution in [0.3, 0.4) is 0 Å². The van der Waals surface area contributed by atoms with Crippen LogP contribution < -0.4 is 0 Å². The third-order valence-corrected chi connectivity index (χ3v) is 4.27. The zero-order chi connectivity index (χ0) is 16.9. The summed E-state index contributed by atoms with van der Waals surface area (Å²) in [5.74, 6) is 0.561. The molecule has 8 nitrogen and oxygen atoms in total. The molecule has 0 saturated heterocycles. The topological polar surface area (TPSA) is 88.9 Å². The molecule has 3 heterocycles. The van der Waals surface area contributed by atoms with Gasteiger partial charge in [0.1, 0.15) is 12.0 Å². The molecule has 1 N–H and O–H groups in total. The molecule has 9 heteroatoms. The molecule has 3 rings (SSSR count). The van der Waals surface area contributed by atoms with E-state index in [0.29, 0.717) is 31.2 Å². The van der Waals surface area contributed by atoms with Gasteiger partial charge in [0.05, 0.1) is 18.8 Å². The van der Waals surface area contributed by atoms with E-state index < -0.39 is 0 Å². The van der Waals surface area contributed by atoms with Crippen molar-refractivity contribution < 1.29 is 9.53 Å². The number of nitrogens with zero attached hydrogens (tertiary/aromatic N) is 5. The van der Waals surface area contributed by atoms with Gasteiger partial charge in [-0.3, -0.25) is 9.89 Å². The van der Waals surface area contributed by atoms with Crippen molar-refractivity contribution in [2.45, 2.75) is 13.1 Å². The number of methoxy groups -OCH3 is 1. The quantitative estimate of drug-likeness (QED) is 0.703. The summed E-state index contributed by atoms with van der Waals surface area (Å²) >= 11 is 1.59. The minimum atomic E-state index is -0.148. The number of thiophene rings is 1. The molecule has 0 unspecified atom stereocenters. The highest BCUT2D eigenvalue weighted by atomic mass is 32.1. The highest BCUT2D eigenvalue weighted by Crippen LogP contribution is 2.20. The Morgan fingerprint density at radius 2 is 2.38 bits per heavy atom. The number of carbonyl (C=O) groups excluding carboxylic acids is 1. The van der Waals surface area contributed by atoms with Crippen molar-refractivity contribution >= 4 is 17.2 Å². The van der Waals surface area contributed by atoms with E-state index in [1.807, 2.05) is 21.4 Å². The van der Waals surface area contributed by atoms with Crippen molar-refractivity contribution in [1.29, 1.82) is 0 Å². The number of hydrogen-bond donors (Lipinski definition) is 1. The van der Waals surface area contributed by atoms with Gasteiger partial charge in [-0.1, -0.05) is 0 Å². The van der Waals surface area contributed by atoms with Crippen molar-refractivity contribution in [3.8, 4) is 11.3 Å². The molecule has 0 bridgehead atoms. The zero-order valence-corrected chi connectivity index (χ0v) is 14.3. The Hall–Kier alpha value is -2.52. The van der Waals surface area contributed by atoms with Crippen LogP contribution in [0.4, 0.5) is 0 Å². The summed E-state index contributed by atoms with van der Waals surface area (Å²) in [4.78, 5) is 14.1. The molecule has 1 amide bonds. The van der Waals surface area contributed by atoms with E-state index in [9.17, 15) is 4.79 Å². The van der Waals surface area contributed by atoms with Crippen LogP contribution in [0.1, 0.15) is 16.3 Å². The van der Waals surface area contributed by atoms with Crippen LogP contribution in [0, 0.1) is 0 Å². The molecule has 0 radical (unpaired) electrons. The molecule has 24 heavy (non-hydrogen) atoms. The van der Waals surface area contributed by atoms with Gasteiger partial charge < -0.3 is 14.2 Å². The van der Waals surface area contributed by atoms with Crippen molar-refractivity contribution in [3.05, 3.63) is 40.7 Å². The maximum Gasteiger partial charge on any atom is 0.272 e. The minimum Gasteiger partial charge on any atom is -0.383 e. The van der Waals surface area contributed by atoms with Gasteiger partial charge in [0.2, 0.25) is 0 Å². The van der Waals surface area contributed by atoms with Crippen LogP contribution >= 0.6 is 11.3 Å². The van der Waals surface area contributed by atoms with Gasteiger partial charge in [-0.2, -0.15) is 16.4 Å². The first-order valence-corrected chi connectivity index (χ1v) is 8.32. The smallest absolute Gasteiger partial charge is 0.272 e. The van der Waals surface area contributed by atoms with Gasteiger partial charge in [-0.15, -0.1) is 10.2 Å². The highest BCUT2D eigenvalue weighted by molar-refractivity contribution is 7.08. The predicted octanol–water partition coefficient (Wildman–Crippen LogP) is 1.65. The molecule has 0 aromatic carbocycles. The lowest BCUT2D eigenvalue weighted by Gasteiger charge is -2.16. The van der Waals surface area contributed by atoms with Gasteiger partial charge in [0, 0.05) is 31.6 Å². The first-order chi connectivity index (χ1) is 11.7. The maximum absolute atomic E-state index is 12.6. The normalized spacial score (nSPS) is 10.9. The van der Waals surface area contributed by atoms with Crippen molar-refractivity contribution in [2.75, 3.05) is 20.8 Å². The van der Waals surface area contributed by atoms with Crippen LogP contribution in [-0.4, -0.2) is 56.5 Å². The van der Waals surface area contributed by atoms with E-state index in [4.69, 9.17) is 4.74 Å². The molecule has 0 fully saturated rings. The second kappa shape index (κ2) is 7.37.